The maximum Gasteiger partial charge on any atom is 0.337 e. The molecule has 6 nitrogen and oxygen atoms in total. The number of methoxy groups -OCH3 is 1. The van der Waals surface area contributed by atoms with Gasteiger partial charge in [-0.3, -0.25) is 0 Å². The molecule has 1 saturated heterocycles. The van der Waals surface area contributed by atoms with Gasteiger partial charge in [0.1, 0.15) is 0 Å². The number of ether oxygens (including phenoxy) is 1. The molecule has 1 aliphatic rings. The van der Waals surface area contributed by atoms with Crippen LogP contribution in [0.15, 0.2) is 29.2 Å². The van der Waals surface area contributed by atoms with Crippen LogP contribution in [0.2, 0.25) is 0 Å². The zero-order chi connectivity index (χ0) is 13.9. The number of sulfonamides is 1. The van der Waals surface area contributed by atoms with Crippen LogP contribution in [-0.2, 0) is 14.8 Å². The predicted molar refractivity (Wildman–Crippen MR) is 69.4 cm³/mol. The highest BCUT2D eigenvalue weighted by atomic mass is 32.2. The number of hydrogen-bond donors (Lipinski definition) is 1. The molecule has 0 radical (unpaired) electrons. The van der Waals surface area contributed by atoms with Gasteiger partial charge >= 0.3 is 5.97 Å². The lowest BCUT2D eigenvalue weighted by Gasteiger charge is -2.26. The lowest BCUT2D eigenvalue weighted by atomic mass is 10.2. The summed E-state index contributed by atoms with van der Waals surface area (Å²) in [5.74, 6) is -0.544. The quantitative estimate of drug-likeness (QED) is 0.795. The number of carbonyl (C=O) groups excluding carboxylic acids is 1. The number of piperazine rings is 1. The van der Waals surface area contributed by atoms with Gasteiger partial charge in [0.05, 0.1) is 17.6 Å². The Morgan fingerprint density at radius 2 is 2.00 bits per heavy atom. The second-order valence-corrected chi connectivity index (χ2v) is 6.11. The monoisotopic (exact) mass is 284 g/mol. The Morgan fingerprint density at radius 1 is 1.32 bits per heavy atom. The number of hydrogen-bond acceptors (Lipinski definition) is 5. The number of nitrogens with zero attached hydrogens (tertiary/aromatic N) is 1. The zero-order valence-electron chi connectivity index (χ0n) is 10.6. The molecule has 0 amide bonds. The normalized spacial score (nSPS) is 17.1. The summed E-state index contributed by atoms with van der Waals surface area (Å²) < 4.78 is 30.8. The first-order valence-corrected chi connectivity index (χ1v) is 7.39. The Labute approximate surface area is 112 Å². The van der Waals surface area contributed by atoms with Crippen LogP contribution >= 0.6 is 0 Å². The highest BCUT2D eigenvalue weighted by molar-refractivity contribution is 7.89. The second kappa shape index (κ2) is 5.68. The number of benzene rings is 1. The van der Waals surface area contributed by atoms with Crippen molar-refractivity contribution in [2.45, 2.75) is 4.90 Å². The first-order chi connectivity index (χ1) is 9.05. The summed E-state index contributed by atoms with van der Waals surface area (Å²) in [7, 11) is -2.28. The maximum atomic E-state index is 12.4. The Morgan fingerprint density at radius 3 is 2.63 bits per heavy atom. The van der Waals surface area contributed by atoms with Gasteiger partial charge in [0.25, 0.3) is 0 Å². The number of rotatable bonds is 3. The summed E-state index contributed by atoms with van der Waals surface area (Å²) in [6.45, 7) is 2.14. The van der Waals surface area contributed by atoms with E-state index in [0.717, 1.165) is 0 Å². The van der Waals surface area contributed by atoms with E-state index < -0.39 is 16.0 Å². The van der Waals surface area contributed by atoms with E-state index in [4.69, 9.17) is 0 Å². The largest absolute Gasteiger partial charge is 0.465 e. The summed E-state index contributed by atoms with van der Waals surface area (Å²) in [5, 5.41) is 3.10. The van der Waals surface area contributed by atoms with E-state index in [0.29, 0.717) is 26.2 Å². The van der Waals surface area contributed by atoms with Crippen molar-refractivity contribution in [1.29, 1.82) is 0 Å². The zero-order valence-corrected chi connectivity index (χ0v) is 11.4. The van der Waals surface area contributed by atoms with Crippen LogP contribution in [-0.4, -0.2) is 52.0 Å². The highest BCUT2D eigenvalue weighted by Crippen LogP contribution is 2.18. The van der Waals surface area contributed by atoms with Crippen LogP contribution in [0.5, 0.6) is 0 Å². The fourth-order valence-electron chi connectivity index (χ4n) is 1.94. The molecule has 104 valence electrons. The molecule has 0 spiro atoms. The fraction of sp³-hybridized carbons (Fsp3) is 0.417. The summed E-state index contributed by atoms with van der Waals surface area (Å²) >= 11 is 0. The molecule has 2 rings (SSSR count). The van der Waals surface area contributed by atoms with Gasteiger partial charge in [-0.05, 0) is 18.2 Å². The van der Waals surface area contributed by atoms with Crippen LogP contribution in [0.3, 0.4) is 0 Å². The average Bonchev–Trinajstić information content (AvgIpc) is 2.47. The predicted octanol–water partition coefficient (Wildman–Crippen LogP) is 0.0671. The van der Waals surface area contributed by atoms with Gasteiger partial charge in [-0.15, -0.1) is 0 Å². The minimum atomic E-state index is -3.54. The lowest BCUT2D eigenvalue weighted by Crippen LogP contribution is -2.46. The van der Waals surface area contributed by atoms with Crippen LogP contribution < -0.4 is 5.32 Å². The van der Waals surface area contributed by atoms with Gasteiger partial charge in [0, 0.05) is 26.2 Å². The van der Waals surface area contributed by atoms with Gasteiger partial charge in [-0.2, -0.15) is 4.31 Å². The number of nitrogens with one attached hydrogen (secondary N) is 1. The molecule has 1 aromatic carbocycles. The van der Waals surface area contributed by atoms with Gasteiger partial charge in [-0.1, -0.05) is 6.07 Å². The Hall–Kier alpha value is -1.44. The molecule has 19 heavy (non-hydrogen) atoms. The van der Waals surface area contributed by atoms with Crippen LogP contribution in [0.1, 0.15) is 10.4 Å². The molecule has 7 heteroatoms. The summed E-state index contributed by atoms with van der Waals surface area (Å²) in [4.78, 5) is 11.6. The van der Waals surface area contributed by atoms with E-state index in [9.17, 15) is 13.2 Å². The smallest absolute Gasteiger partial charge is 0.337 e. The van der Waals surface area contributed by atoms with Gasteiger partial charge in [-0.25, -0.2) is 13.2 Å². The molecule has 1 fully saturated rings. The average molecular weight is 284 g/mol. The molecule has 0 aromatic heterocycles. The van der Waals surface area contributed by atoms with Gasteiger partial charge < -0.3 is 10.1 Å². The van der Waals surface area contributed by atoms with E-state index in [1.807, 2.05) is 0 Å². The van der Waals surface area contributed by atoms with Crippen molar-refractivity contribution >= 4 is 16.0 Å². The van der Waals surface area contributed by atoms with Crippen molar-refractivity contribution in [3.05, 3.63) is 29.8 Å². The standard InChI is InChI=1S/C12H16N2O4S/c1-18-12(15)10-3-2-4-11(9-10)19(16,17)14-7-5-13-6-8-14/h2-4,9,13H,5-8H2,1H3. The summed E-state index contributed by atoms with van der Waals surface area (Å²) in [6.07, 6.45) is 0. The first-order valence-electron chi connectivity index (χ1n) is 5.95. The van der Waals surface area contributed by atoms with Gasteiger partial charge in [0.2, 0.25) is 10.0 Å². The minimum absolute atomic E-state index is 0.123. The Balaban J connectivity index is 2.32. The van der Waals surface area contributed by atoms with E-state index in [1.54, 1.807) is 6.07 Å². The topological polar surface area (TPSA) is 75.7 Å². The molecule has 0 aliphatic carbocycles. The second-order valence-electron chi connectivity index (χ2n) is 4.17. The molecule has 1 aromatic rings. The lowest BCUT2D eigenvalue weighted by molar-refractivity contribution is 0.0600. The third-order valence-electron chi connectivity index (χ3n) is 2.97. The van der Waals surface area contributed by atoms with Crippen molar-refractivity contribution < 1.29 is 17.9 Å². The van der Waals surface area contributed by atoms with Crippen molar-refractivity contribution in [3.63, 3.8) is 0 Å². The number of esters is 1. The molecule has 0 saturated carbocycles. The van der Waals surface area contributed by atoms with Crippen LogP contribution in [0.25, 0.3) is 0 Å². The minimum Gasteiger partial charge on any atom is -0.465 e. The van der Waals surface area contributed by atoms with E-state index in [2.05, 4.69) is 10.1 Å². The van der Waals surface area contributed by atoms with Crippen molar-refractivity contribution in [3.8, 4) is 0 Å². The Bertz CT molecular complexity index is 565. The Kier molecular flexibility index (Phi) is 4.18. The highest BCUT2D eigenvalue weighted by Gasteiger charge is 2.26. The van der Waals surface area contributed by atoms with E-state index >= 15 is 0 Å². The molecule has 1 N–H and O–H groups in total. The molecule has 1 heterocycles. The van der Waals surface area contributed by atoms with Crippen LogP contribution in [0.4, 0.5) is 0 Å². The third-order valence-corrected chi connectivity index (χ3v) is 4.86. The fourth-order valence-corrected chi connectivity index (χ4v) is 3.42. The van der Waals surface area contributed by atoms with E-state index in [1.165, 1.54) is 29.6 Å². The molecule has 0 atom stereocenters. The van der Waals surface area contributed by atoms with Gasteiger partial charge in [0.15, 0.2) is 0 Å². The molecule has 0 unspecified atom stereocenters. The van der Waals surface area contributed by atoms with Crippen LogP contribution in [0, 0.1) is 0 Å². The first kappa shape index (κ1) is 14.0. The van der Waals surface area contributed by atoms with Crippen molar-refractivity contribution in [2.24, 2.45) is 0 Å². The number of carbonyl (C=O) groups is 1. The summed E-state index contributed by atoms with van der Waals surface area (Å²) in [5.41, 5.74) is 0.235. The molecular formula is C12H16N2O4S. The maximum absolute atomic E-state index is 12.4. The molecular weight excluding hydrogens is 268 g/mol. The van der Waals surface area contributed by atoms with Crippen molar-refractivity contribution in [1.82, 2.24) is 9.62 Å². The third kappa shape index (κ3) is 2.94. The van der Waals surface area contributed by atoms with E-state index in [-0.39, 0.29) is 10.5 Å². The molecule has 0 bridgehead atoms. The SMILES string of the molecule is COC(=O)c1cccc(S(=O)(=O)N2CCNCC2)c1. The molecule has 1 aliphatic heterocycles. The van der Waals surface area contributed by atoms with Crippen molar-refractivity contribution in [2.75, 3.05) is 33.3 Å². The summed E-state index contributed by atoms with van der Waals surface area (Å²) in [6, 6.07) is 5.91.